The largest absolute Gasteiger partial charge is 0.506 e. The highest BCUT2D eigenvalue weighted by Crippen LogP contribution is 2.28. The first-order valence-corrected chi connectivity index (χ1v) is 6.91. The molecule has 0 aliphatic carbocycles. The summed E-state index contributed by atoms with van der Waals surface area (Å²) < 4.78 is 0. The number of hydrogen-bond acceptors (Lipinski definition) is 5. The van der Waals surface area contributed by atoms with Crippen LogP contribution >= 0.6 is 11.6 Å². The number of aromatic amines is 1. The van der Waals surface area contributed by atoms with Crippen molar-refractivity contribution in [3.8, 4) is 17.1 Å². The van der Waals surface area contributed by atoms with Crippen LogP contribution in [0.1, 0.15) is 6.92 Å². The Labute approximate surface area is 121 Å². The standard InChI is InChI=1S/C13H16ClN5O/c1-8-7-19(5-4-15-8)13-16-12(17-18-13)9-2-3-11(20)10(14)6-9/h2-3,6,8,15,20H,4-5,7H2,1H3,(H,16,17,18). The lowest BCUT2D eigenvalue weighted by atomic mass is 10.2. The molecule has 2 heterocycles. The fourth-order valence-electron chi connectivity index (χ4n) is 2.29. The Morgan fingerprint density at radius 1 is 1.45 bits per heavy atom. The Hall–Kier alpha value is -1.79. The Morgan fingerprint density at radius 3 is 3.05 bits per heavy atom. The van der Waals surface area contributed by atoms with Gasteiger partial charge in [-0.1, -0.05) is 11.6 Å². The first-order chi connectivity index (χ1) is 9.63. The molecule has 1 aromatic carbocycles. The summed E-state index contributed by atoms with van der Waals surface area (Å²) in [6, 6.07) is 5.40. The molecule has 3 rings (SSSR count). The van der Waals surface area contributed by atoms with E-state index in [0.717, 1.165) is 25.2 Å². The number of aromatic nitrogens is 3. The Morgan fingerprint density at radius 2 is 2.30 bits per heavy atom. The summed E-state index contributed by atoms with van der Waals surface area (Å²) in [5.41, 5.74) is 0.801. The van der Waals surface area contributed by atoms with Crippen LogP contribution in [-0.2, 0) is 0 Å². The third-order valence-electron chi connectivity index (χ3n) is 3.35. The van der Waals surface area contributed by atoms with Crippen LogP contribution < -0.4 is 10.2 Å². The summed E-state index contributed by atoms with van der Waals surface area (Å²) in [6.45, 7) is 4.83. The van der Waals surface area contributed by atoms with Gasteiger partial charge in [0.15, 0.2) is 5.82 Å². The number of piperazine rings is 1. The van der Waals surface area contributed by atoms with Gasteiger partial charge in [-0.3, -0.25) is 5.10 Å². The molecular weight excluding hydrogens is 278 g/mol. The van der Waals surface area contributed by atoms with Gasteiger partial charge < -0.3 is 15.3 Å². The minimum atomic E-state index is 0.0612. The number of rotatable bonds is 2. The number of aromatic hydroxyl groups is 1. The van der Waals surface area contributed by atoms with Crippen LogP contribution in [-0.4, -0.2) is 46.0 Å². The Bertz CT molecular complexity index is 615. The van der Waals surface area contributed by atoms with Gasteiger partial charge in [0.05, 0.1) is 5.02 Å². The number of benzene rings is 1. The van der Waals surface area contributed by atoms with Crippen LogP contribution in [0.4, 0.5) is 5.95 Å². The summed E-state index contributed by atoms with van der Waals surface area (Å²) in [4.78, 5) is 6.64. The second-order valence-electron chi connectivity index (χ2n) is 4.95. The molecule has 1 saturated heterocycles. The maximum atomic E-state index is 9.44. The highest BCUT2D eigenvalue weighted by Gasteiger charge is 2.19. The van der Waals surface area contributed by atoms with Crippen LogP contribution in [0, 0.1) is 0 Å². The maximum Gasteiger partial charge on any atom is 0.245 e. The number of phenols is 1. The van der Waals surface area contributed by atoms with Crippen LogP contribution in [0.15, 0.2) is 18.2 Å². The SMILES string of the molecule is CC1CN(c2n[nH]c(-c3ccc(O)c(Cl)c3)n2)CCN1. The molecule has 1 fully saturated rings. The van der Waals surface area contributed by atoms with Crippen molar-refractivity contribution in [2.45, 2.75) is 13.0 Å². The Kier molecular flexibility index (Phi) is 3.50. The van der Waals surface area contributed by atoms with E-state index >= 15 is 0 Å². The molecule has 1 aliphatic heterocycles. The van der Waals surface area contributed by atoms with Crippen molar-refractivity contribution in [2.24, 2.45) is 0 Å². The van der Waals surface area contributed by atoms with Crippen LogP contribution in [0.3, 0.4) is 0 Å². The van der Waals surface area contributed by atoms with E-state index in [9.17, 15) is 5.11 Å². The summed E-state index contributed by atoms with van der Waals surface area (Å²) in [5.74, 6) is 1.40. The monoisotopic (exact) mass is 293 g/mol. The molecule has 6 nitrogen and oxygen atoms in total. The summed E-state index contributed by atoms with van der Waals surface area (Å²) >= 11 is 5.91. The molecule has 1 aliphatic rings. The van der Waals surface area contributed by atoms with E-state index in [2.05, 4.69) is 32.3 Å². The van der Waals surface area contributed by atoms with Gasteiger partial charge >= 0.3 is 0 Å². The van der Waals surface area contributed by atoms with Gasteiger partial charge in [-0.2, -0.15) is 4.98 Å². The van der Waals surface area contributed by atoms with E-state index in [1.807, 2.05) is 0 Å². The van der Waals surface area contributed by atoms with E-state index in [4.69, 9.17) is 11.6 Å². The van der Waals surface area contributed by atoms with Crippen LogP contribution in [0.2, 0.25) is 5.02 Å². The van der Waals surface area contributed by atoms with E-state index in [1.54, 1.807) is 18.2 Å². The fourth-order valence-corrected chi connectivity index (χ4v) is 2.47. The van der Waals surface area contributed by atoms with Crippen molar-refractivity contribution in [1.82, 2.24) is 20.5 Å². The molecule has 20 heavy (non-hydrogen) atoms. The first-order valence-electron chi connectivity index (χ1n) is 6.53. The van der Waals surface area contributed by atoms with Gasteiger partial charge in [0.1, 0.15) is 5.75 Å². The smallest absolute Gasteiger partial charge is 0.245 e. The lowest BCUT2D eigenvalue weighted by molar-refractivity contribution is 0.475. The van der Waals surface area contributed by atoms with Crippen LogP contribution in [0.25, 0.3) is 11.4 Å². The highest BCUT2D eigenvalue weighted by molar-refractivity contribution is 6.32. The minimum Gasteiger partial charge on any atom is -0.506 e. The van der Waals surface area contributed by atoms with Crippen molar-refractivity contribution in [3.63, 3.8) is 0 Å². The van der Waals surface area contributed by atoms with Gasteiger partial charge in [-0.05, 0) is 25.1 Å². The van der Waals surface area contributed by atoms with E-state index in [0.29, 0.717) is 22.8 Å². The number of H-pyrrole nitrogens is 1. The predicted octanol–water partition coefficient (Wildman–Crippen LogP) is 1.63. The van der Waals surface area contributed by atoms with Gasteiger partial charge in [-0.15, -0.1) is 5.10 Å². The molecule has 2 aromatic rings. The molecule has 3 N–H and O–H groups in total. The Balaban J connectivity index is 1.84. The molecule has 106 valence electrons. The molecule has 7 heteroatoms. The maximum absolute atomic E-state index is 9.44. The number of halogens is 1. The normalized spacial score (nSPS) is 19.3. The van der Waals surface area contributed by atoms with Gasteiger partial charge in [0.2, 0.25) is 5.95 Å². The third-order valence-corrected chi connectivity index (χ3v) is 3.65. The van der Waals surface area contributed by atoms with Gasteiger partial charge in [0.25, 0.3) is 0 Å². The molecule has 1 unspecified atom stereocenters. The van der Waals surface area contributed by atoms with E-state index in [-0.39, 0.29) is 5.75 Å². The second kappa shape index (κ2) is 5.30. The average Bonchev–Trinajstić information content (AvgIpc) is 2.92. The topological polar surface area (TPSA) is 77.1 Å². The highest BCUT2D eigenvalue weighted by atomic mass is 35.5. The van der Waals surface area contributed by atoms with Crippen molar-refractivity contribution < 1.29 is 5.11 Å². The fraction of sp³-hybridized carbons (Fsp3) is 0.385. The van der Waals surface area contributed by atoms with Crippen molar-refractivity contribution >= 4 is 17.5 Å². The van der Waals surface area contributed by atoms with Crippen LogP contribution in [0.5, 0.6) is 5.75 Å². The summed E-state index contributed by atoms with van der Waals surface area (Å²) in [6.07, 6.45) is 0. The zero-order chi connectivity index (χ0) is 14.1. The number of anilines is 1. The zero-order valence-corrected chi connectivity index (χ0v) is 11.9. The predicted molar refractivity (Wildman–Crippen MR) is 78.2 cm³/mol. The molecule has 1 atom stereocenters. The van der Waals surface area contributed by atoms with Crippen molar-refractivity contribution in [2.75, 3.05) is 24.5 Å². The summed E-state index contributed by atoms with van der Waals surface area (Å²) in [5, 5.41) is 20.3. The minimum absolute atomic E-state index is 0.0612. The lowest BCUT2D eigenvalue weighted by Crippen LogP contribution is -2.49. The average molecular weight is 294 g/mol. The zero-order valence-electron chi connectivity index (χ0n) is 11.1. The molecule has 1 aromatic heterocycles. The quantitative estimate of drug-likeness (QED) is 0.784. The lowest BCUT2D eigenvalue weighted by Gasteiger charge is -2.30. The molecule has 0 radical (unpaired) electrons. The number of hydrogen-bond donors (Lipinski definition) is 3. The number of nitrogens with zero attached hydrogens (tertiary/aromatic N) is 3. The molecule has 0 spiro atoms. The van der Waals surface area contributed by atoms with Crippen molar-refractivity contribution in [1.29, 1.82) is 0 Å². The van der Waals surface area contributed by atoms with Gasteiger partial charge in [-0.25, -0.2) is 0 Å². The third kappa shape index (κ3) is 2.57. The number of nitrogens with one attached hydrogen (secondary N) is 2. The van der Waals surface area contributed by atoms with E-state index in [1.165, 1.54) is 0 Å². The van der Waals surface area contributed by atoms with Crippen molar-refractivity contribution in [3.05, 3.63) is 23.2 Å². The molecule has 0 saturated carbocycles. The van der Waals surface area contributed by atoms with Gasteiger partial charge in [0, 0.05) is 31.2 Å². The number of phenolic OH excluding ortho intramolecular Hbond substituents is 1. The summed E-state index contributed by atoms with van der Waals surface area (Å²) in [7, 11) is 0. The first kappa shape index (κ1) is 13.2. The molecular formula is C13H16ClN5O. The van der Waals surface area contributed by atoms with E-state index < -0.39 is 0 Å². The second-order valence-corrected chi connectivity index (χ2v) is 5.36. The molecule has 0 amide bonds. The molecule has 0 bridgehead atoms.